The van der Waals surface area contributed by atoms with Gasteiger partial charge in [0.05, 0.1) is 45.8 Å². The van der Waals surface area contributed by atoms with Gasteiger partial charge in [-0.05, 0) is 94.8 Å². The van der Waals surface area contributed by atoms with Gasteiger partial charge in [-0.15, -0.1) is 0 Å². The van der Waals surface area contributed by atoms with Crippen LogP contribution in [0.4, 0.5) is 28.4 Å². The number of rotatable bonds is 15. The summed E-state index contributed by atoms with van der Waals surface area (Å²) in [5.41, 5.74) is 1.53. The Balaban J connectivity index is 0.000000177. The lowest BCUT2D eigenvalue weighted by atomic mass is 10.3. The number of anilines is 4. The Labute approximate surface area is 344 Å². The van der Waals surface area contributed by atoms with E-state index in [0.717, 1.165) is 10.4 Å². The van der Waals surface area contributed by atoms with Crippen molar-refractivity contribution in [2.45, 2.75) is 22.0 Å². The van der Waals surface area contributed by atoms with E-state index in [4.69, 9.17) is 18.9 Å². The van der Waals surface area contributed by atoms with E-state index in [-0.39, 0.29) is 34.4 Å². The molecule has 2 saturated heterocycles. The summed E-state index contributed by atoms with van der Waals surface area (Å²) in [6.45, 7) is 1.88. The molecule has 2 aliphatic rings. The van der Waals surface area contributed by atoms with Crippen LogP contribution in [0.1, 0.15) is 0 Å². The first-order valence-corrected chi connectivity index (χ1v) is 21.6. The Morgan fingerprint density at radius 2 is 1.03 bits per heavy atom. The van der Waals surface area contributed by atoms with Crippen LogP contribution in [0.5, 0.6) is 11.5 Å². The third-order valence-corrected chi connectivity index (χ3v) is 13.2. The van der Waals surface area contributed by atoms with Gasteiger partial charge in [0.25, 0.3) is 20.0 Å². The van der Waals surface area contributed by atoms with Crippen molar-refractivity contribution in [3.05, 3.63) is 172 Å². The van der Waals surface area contributed by atoms with Crippen LogP contribution in [0.15, 0.2) is 172 Å². The van der Waals surface area contributed by atoms with Gasteiger partial charge in [0, 0.05) is 10.5 Å². The molecule has 2 fully saturated rings. The summed E-state index contributed by atoms with van der Waals surface area (Å²) < 4.78 is 78.4. The molecule has 298 valence electrons. The zero-order valence-electron chi connectivity index (χ0n) is 30.6. The van der Waals surface area contributed by atoms with Crippen LogP contribution in [-0.2, 0) is 29.5 Å². The molecule has 0 bridgehead atoms. The normalized spacial score (nSPS) is 15.6. The molecule has 58 heavy (non-hydrogen) atoms. The molecule has 0 N–H and O–H groups in total. The van der Waals surface area contributed by atoms with Crippen molar-refractivity contribution in [1.82, 2.24) is 0 Å². The summed E-state index contributed by atoms with van der Waals surface area (Å²) in [5, 5.41) is 11.6. The van der Waals surface area contributed by atoms with Gasteiger partial charge in [-0.1, -0.05) is 72.8 Å². The zero-order chi connectivity index (χ0) is 40.7. The number of para-hydroxylation sites is 4. The summed E-state index contributed by atoms with van der Waals surface area (Å²) in [7, 11) is -8.02. The highest BCUT2D eigenvalue weighted by Gasteiger charge is 2.32. The maximum atomic E-state index is 13.6. The second-order valence-corrected chi connectivity index (χ2v) is 17.3. The van der Waals surface area contributed by atoms with Crippen molar-refractivity contribution in [2.75, 3.05) is 35.0 Å². The molecule has 6 aromatic rings. The topological polar surface area (TPSA) is 161 Å². The first kappa shape index (κ1) is 40.4. The fourth-order valence-electron chi connectivity index (χ4n) is 5.71. The summed E-state index contributed by atoms with van der Waals surface area (Å²) in [6.07, 6.45) is 0.0495. The van der Waals surface area contributed by atoms with Crippen LogP contribution in [-0.4, -0.2) is 60.4 Å². The van der Waals surface area contributed by atoms with Gasteiger partial charge in [-0.2, -0.15) is 0 Å². The van der Waals surface area contributed by atoms with Crippen LogP contribution in [0.25, 0.3) is 0 Å². The summed E-state index contributed by atoms with van der Waals surface area (Å²) in [5.74, 6) is 0.590. The van der Waals surface area contributed by atoms with Gasteiger partial charge >= 0.3 is 5.69 Å². The van der Waals surface area contributed by atoms with E-state index in [1.54, 1.807) is 103 Å². The van der Waals surface area contributed by atoms with E-state index >= 15 is 0 Å². The van der Waals surface area contributed by atoms with Gasteiger partial charge < -0.3 is 18.9 Å². The summed E-state index contributed by atoms with van der Waals surface area (Å²) in [4.78, 5) is 10.9. The molecule has 8 rings (SSSR count). The summed E-state index contributed by atoms with van der Waals surface area (Å²) >= 11 is 3.40. The molecule has 6 aromatic carbocycles. The molecule has 2 aliphatic heterocycles. The number of nitrogens with zero attached hydrogens (tertiary/aromatic N) is 3. The number of hydrogen-bond acceptors (Lipinski definition) is 10. The smallest absolute Gasteiger partial charge is 0.312 e. The highest BCUT2D eigenvalue weighted by atomic mass is 79.9. The van der Waals surface area contributed by atoms with E-state index in [9.17, 15) is 26.9 Å². The van der Waals surface area contributed by atoms with Gasteiger partial charge in [0.15, 0.2) is 5.75 Å². The second kappa shape index (κ2) is 17.8. The maximum absolute atomic E-state index is 13.6. The lowest BCUT2D eigenvalue weighted by Crippen LogP contribution is -2.26. The number of hydrogen-bond donors (Lipinski definition) is 0. The van der Waals surface area contributed by atoms with E-state index in [0.29, 0.717) is 52.8 Å². The summed E-state index contributed by atoms with van der Waals surface area (Å²) in [6, 6.07) is 43.6. The number of sulfonamides is 2. The van der Waals surface area contributed by atoms with Crippen molar-refractivity contribution in [3.8, 4) is 11.5 Å². The fourth-order valence-corrected chi connectivity index (χ4v) is 9.74. The molecule has 0 amide bonds. The Kier molecular flexibility index (Phi) is 12.4. The van der Waals surface area contributed by atoms with Crippen LogP contribution in [0.2, 0.25) is 0 Å². The Morgan fingerprint density at radius 3 is 1.45 bits per heavy atom. The Bertz CT molecular complexity index is 2490. The minimum atomic E-state index is -4.15. The predicted molar refractivity (Wildman–Crippen MR) is 222 cm³/mol. The number of halogens is 1. The molecule has 0 aliphatic carbocycles. The molecule has 2 atom stereocenters. The largest absolute Gasteiger partial charge is 0.491 e. The number of epoxide rings is 2. The highest BCUT2D eigenvalue weighted by Crippen LogP contribution is 2.38. The standard InChI is InChI=1S/C21H18BrNO4S.C21H18N2O6S/c22-20-13-18(26-14-19-15-27-19)11-12-21(20)28(24,25)23(16-7-3-1-4-8-16)17-9-5-2-6-10-17;24-23(25)20-13-19(11-12-21(20)29-15-18-14-28-18)30(26,27)22(16-7-3-1-4-8-16)17-9-5-2-6-10-17/h1-13,19H,14-15H2;1-13,18H,14-15H2. The van der Waals surface area contributed by atoms with Crippen molar-refractivity contribution < 1.29 is 40.7 Å². The van der Waals surface area contributed by atoms with E-state index in [1.165, 1.54) is 16.4 Å². The van der Waals surface area contributed by atoms with Gasteiger partial charge in [0.1, 0.15) is 36.1 Å². The lowest BCUT2D eigenvalue weighted by molar-refractivity contribution is -0.386. The van der Waals surface area contributed by atoms with Crippen LogP contribution in [0, 0.1) is 10.1 Å². The molecule has 0 saturated carbocycles. The zero-order valence-corrected chi connectivity index (χ0v) is 33.8. The fraction of sp³-hybridized carbons (Fsp3) is 0.143. The number of nitro benzene ring substituents is 1. The second-order valence-electron chi connectivity index (χ2n) is 12.9. The molecule has 0 aromatic heterocycles. The number of nitro groups is 1. The third-order valence-electron chi connectivity index (χ3n) is 8.72. The Morgan fingerprint density at radius 1 is 0.603 bits per heavy atom. The van der Waals surface area contributed by atoms with Crippen molar-refractivity contribution in [1.29, 1.82) is 0 Å². The first-order valence-electron chi connectivity index (χ1n) is 17.9. The third kappa shape index (κ3) is 9.66. The molecule has 2 unspecified atom stereocenters. The highest BCUT2D eigenvalue weighted by molar-refractivity contribution is 9.10. The molecule has 2 heterocycles. The van der Waals surface area contributed by atoms with Crippen molar-refractivity contribution in [2.24, 2.45) is 0 Å². The average molecular weight is 887 g/mol. The van der Waals surface area contributed by atoms with Gasteiger partial charge in [-0.3, -0.25) is 10.1 Å². The van der Waals surface area contributed by atoms with Crippen molar-refractivity contribution >= 4 is 64.4 Å². The van der Waals surface area contributed by atoms with E-state index in [1.807, 2.05) is 36.4 Å². The van der Waals surface area contributed by atoms with Gasteiger partial charge in [-0.25, -0.2) is 25.4 Å². The van der Waals surface area contributed by atoms with Crippen molar-refractivity contribution in [3.63, 3.8) is 0 Å². The molecule has 13 nitrogen and oxygen atoms in total. The molecular weight excluding hydrogens is 851 g/mol. The van der Waals surface area contributed by atoms with Crippen LogP contribution < -0.4 is 18.1 Å². The molecule has 0 radical (unpaired) electrons. The average Bonchev–Trinajstić information content (AvgIpc) is 4.18. The monoisotopic (exact) mass is 885 g/mol. The van der Waals surface area contributed by atoms with Gasteiger partial charge in [0.2, 0.25) is 0 Å². The Hall–Kier alpha value is -5.78. The molecular formula is C42H36BrN3O10S2. The minimum absolute atomic E-state index is 0.000391. The van der Waals surface area contributed by atoms with E-state index < -0.39 is 30.7 Å². The van der Waals surface area contributed by atoms with Crippen LogP contribution >= 0.6 is 15.9 Å². The SMILES string of the molecule is O=S(=O)(c1ccc(OCC2CO2)cc1Br)N(c1ccccc1)c1ccccc1.O=[N+]([O-])c1cc(S(=O)(=O)N(c2ccccc2)c2ccccc2)ccc1OCC1CO1. The number of ether oxygens (including phenoxy) is 4. The number of benzene rings is 6. The van der Waals surface area contributed by atoms with Crippen LogP contribution in [0.3, 0.4) is 0 Å². The maximum Gasteiger partial charge on any atom is 0.312 e. The van der Waals surface area contributed by atoms with E-state index in [2.05, 4.69) is 15.9 Å². The lowest BCUT2D eigenvalue weighted by Gasteiger charge is -2.25. The molecule has 16 heteroatoms. The first-order chi connectivity index (χ1) is 28.0. The minimum Gasteiger partial charge on any atom is -0.491 e. The predicted octanol–water partition coefficient (Wildman–Crippen LogP) is 8.65. The molecule has 0 spiro atoms. The quantitative estimate of drug-likeness (QED) is 0.0555.